The molecule has 31 heavy (non-hydrogen) atoms. The van der Waals surface area contributed by atoms with Gasteiger partial charge in [0.05, 0.1) is 29.7 Å². The molecular weight excluding hydrogens is 392 g/mol. The summed E-state index contributed by atoms with van der Waals surface area (Å²) in [4.78, 5) is 22.6. The number of fused-ring (bicyclic) bond motifs is 1. The van der Waals surface area contributed by atoms with Crippen LogP contribution in [-0.4, -0.2) is 63.1 Å². The molecule has 0 saturated carbocycles. The van der Waals surface area contributed by atoms with Gasteiger partial charge in [-0.25, -0.2) is 4.99 Å². The van der Waals surface area contributed by atoms with Crippen molar-refractivity contribution in [1.82, 2.24) is 25.0 Å². The molecule has 0 unspecified atom stereocenters. The molecule has 1 aliphatic rings. The molecule has 164 valence electrons. The van der Waals surface area contributed by atoms with Crippen molar-refractivity contribution in [3.05, 3.63) is 41.7 Å². The quantitative estimate of drug-likeness (QED) is 0.508. The van der Waals surface area contributed by atoms with E-state index in [0.717, 1.165) is 35.4 Å². The van der Waals surface area contributed by atoms with Gasteiger partial charge in [-0.3, -0.25) is 9.48 Å². The fourth-order valence-electron chi connectivity index (χ4n) is 3.90. The van der Waals surface area contributed by atoms with Crippen LogP contribution in [0.5, 0.6) is 5.88 Å². The smallest absolute Gasteiger partial charge is 0.251 e. The number of hydrogen-bond donors (Lipinski definition) is 3. The maximum Gasteiger partial charge on any atom is 0.251 e. The molecular formula is C23H30N6O2. The van der Waals surface area contributed by atoms with Gasteiger partial charge in [-0.05, 0) is 37.6 Å². The van der Waals surface area contributed by atoms with Crippen LogP contribution in [0.25, 0.3) is 10.9 Å². The van der Waals surface area contributed by atoms with Gasteiger partial charge in [0.2, 0.25) is 0 Å². The molecule has 0 spiro atoms. The number of hydrogen-bond acceptors (Lipinski definition) is 5. The molecule has 4 rings (SSSR count). The molecule has 0 atom stereocenters. The Balaban J connectivity index is 1.66. The predicted molar refractivity (Wildman–Crippen MR) is 122 cm³/mol. The van der Waals surface area contributed by atoms with E-state index in [9.17, 15) is 9.90 Å². The molecule has 1 amide bonds. The lowest BCUT2D eigenvalue weighted by molar-refractivity contribution is 0.0949. The van der Waals surface area contributed by atoms with Crippen LogP contribution in [0, 0.1) is 5.92 Å². The number of nitrogens with zero attached hydrogens (tertiary/aromatic N) is 4. The Hall–Kier alpha value is -3.13. The second kappa shape index (κ2) is 8.55. The molecule has 1 aliphatic heterocycles. The molecule has 8 heteroatoms. The van der Waals surface area contributed by atoms with Gasteiger partial charge in [0, 0.05) is 36.1 Å². The second-order valence-electron chi connectivity index (χ2n) is 8.68. The van der Waals surface area contributed by atoms with E-state index in [-0.39, 0.29) is 11.8 Å². The van der Waals surface area contributed by atoms with E-state index in [1.165, 1.54) is 0 Å². The number of H-pyrrole nitrogens is 1. The van der Waals surface area contributed by atoms with Crippen molar-refractivity contribution in [2.45, 2.75) is 33.2 Å². The fourth-order valence-corrected chi connectivity index (χ4v) is 3.90. The van der Waals surface area contributed by atoms with Gasteiger partial charge in [-0.2, -0.15) is 5.10 Å². The van der Waals surface area contributed by atoms with Crippen molar-refractivity contribution >= 4 is 28.2 Å². The number of likely N-dealkylation sites (tertiary alicyclic amines) is 1. The van der Waals surface area contributed by atoms with Crippen LogP contribution < -0.4 is 5.32 Å². The van der Waals surface area contributed by atoms with Crippen LogP contribution in [0.1, 0.15) is 49.2 Å². The van der Waals surface area contributed by atoms with E-state index in [1.54, 1.807) is 12.3 Å². The number of carbonyl (C=O) groups excluding carboxylic acids is 1. The number of carbonyl (C=O) groups is 1. The highest BCUT2D eigenvalue weighted by atomic mass is 16.3. The minimum absolute atomic E-state index is 0.0587. The van der Waals surface area contributed by atoms with Crippen LogP contribution in [0.4, 0.5) is 5.69 Å². The lowest BCUT2D eigenvalue weighted by Gasteiger charge is -2.35. The first-order chi connectivity index (χ1) is 14.9. The Labute approximate surface area is 182 Å². The van der Waals surface area contributed by atoms with Crippen LogP contribution in [0.3, 0.4) is 0 Å². The summed E-state index contributed by atoms with van der Waals surface area (Å²) in [6.45, 7) is 8.70. The molecule has 3 aromatic rings. The third kappa shape index (κ3) is 4.34. The summed E-state index contributed by atoms with van der Waals surface area (Å²) in [6, 6.07) is 5.78. The maximum atomic E-state index is 12.5. The Kier molecular flexibility index (Phi) is 5.82. The molecule has 2 aromatic heterocycles. The molecule has 3 heterocycles. The molecule has 1 fully saturated rings. The zero-order chi connectivity index (χ0) is 22.1. The van der Waals surface area contributed by atoms with Crippen molar-refractivity contribution in [2.75, 3.05) is 26.7 Å². The largest absolute Gasteiger partial charge is 0.494 e. The van der Waals surface area contributed by atoms with Gasteiger partial charge in [0.15, 0.2) is 5.88 Å². The lowest BCUT2D eigenvalue weighted by Crippen LogP contribution is -2.44. The summed E-state index contributed by atoms with van der Waals surface area (Å²) in [7, 11) is 2.09. The van der Waals surface area contributed by atoms with E-state index in [1.807, 2.05) is 29.9 Å². The van der Waals surface area contributed by atoms with Gasteiger partial charge >= 0.3 is 0 Å². The third-order valence-electron chi connectivity index (χ3n) is 5.61. The van der Waals surface area contributed by atoms with E-state index in [0.29, 0.717) is 36.1 Å². The van der Waals surface area contributed by atoms with Gasteiger partial charge in [-0.15, -0.1) is 0 Å². The zero-order valence-corrected chi connectivity index (χ0v) is 18.5. The highest BCUT2D eigenvalue weighted by Gasteiger charge is 2.25. The standard InChI is InChI=1S/C23H30N6O2/c1-5-19(26-16-10-25-29(11-16)17-12-28(4)13-17)21-18-8-15(22(30)24-9-14(2)3)6-7-20(18)27-23(21)31/h6-8,10-11,14,17,27,31H,5,9,12-13H2,1-4H3,(H,24,30). The Morgan fingerprint density at radius 1 is 1.39 bits per heavy atom. The number of aliphatic imine (C=N–C) groups is 1. The average Bonchev–Trinajstić information content (AvgIpc) is 3.30. The lowest BCUT2D eigenvalue weighted by atomic mass is 10.0. The number of amides is 1. The minimum atomic E-state index is -0.121. The van der Waals surface area contributed by atoms with Gasteiger partial charge in [-0.1, -0.05) is 20.8 Å². The molecule has 1 aromatic carbocycles. The SMILES string of the molecule is CCC(=Nc1cnn(C2CN(C)C2)c1)c1c(O)[nH]c2ccc(C(=O)NCC(C)C)cc12. The third-order valence-corrected chi connectivity index (χ3v) is 5.61. The Morgan fingerprint density at radius 2 is 2.16 bits per heavy atom. The first-order valence-corrected chi connectivity index (χ1v) is 10.8. The first kappa shape index (κ1) is 21.1. The molecule has 3 N–H and O–H groups in total. The number of aromatic amines is 1. The summed E-state index contributed by atoms with van der Waals surface area (Å²) in [5, 5.41) is 18.8. The van der Waals surface area contributed by atoms with Crippen LogP contribution >= 0.6 is 0 Å². The van der Waals surface area contributed by atoms with Gasteiger partial charge < -0.3 is 20.3 Å². The number of nitrogens with one attached hydrogen (secondary N) is 2. The summed E-state index contributed by atoms with van der Waals surface area (Å²) < 4.78 is 1.96. The molecule has 0 radical (unpaired) electrons. The van der Waals surface area contributed by atoms with E-state index >= 15 is 0 Å². The summed E-state index contributed by atoms with van der Waals surface area (Å²) >= 11 is 0. The number of likely N-dealkylation sites (N-methyl/N-ethyl adjacent to an activating group) is 1. The minimum Gasteiger partial charge on any atom is -0.494 e. The van der Waals surface area contributed by atoms with E-state index in [2.05, 4.69) is 41.2 Å². The van der Waals surface area contributed by atoms with Gasteiger partial charge in [0.1, 0.15) is 5.69 Å². The number of rotatable bonds is 7. The number of aromatic hydroxyl groups is 1. The highest BCUT2D eigenvalue weighted by Crippen LogP contribution is 2.31. The predicted octanol–water partition coefficient (Wildman–Crippen LogP) is 3.47. The molecule has 0 bridgehead atoms. The molecule has 0 aliphatic carbocycles. The molecule has 8 nitrogen and oxygen atoms in total. The fraction of sp³-hybridized carbons (Fsp3) is 0.435. The monoisotopic (exact) mass is 422 g/mol. The zero-order valence-electron chi connectivity index (χ0n) is 18.5. The van der Waals surface area contributed by atoms with E-state index in [4.69, 9.17) is 4.99 Å². The van der Waals surface area contributed by atoms with Crippen LogP contribution in [-0.2, 0) is 0 Å². The van der Waals surface area contributed by atoms with E-state index < -0.39 is 0 Å². The van der Waals surface area contributed by atoms with Crippen molar-refractivity contribution < 1.29 is 9.90 Å². The highest BCUT2D eigenvalue weighted by molar-refractivity contribution is 6.14. The van der Waals surface area contributed by atoms with Crippen molar-refractivity contribution in [3.63, 3.8) is 0 Å². The molecule has 1 saturated heterocycles. The number of benzene rings is 1. The van der Waals surface area contributed by atoms with Crippen molar-refractivity contribution in [1.29, 1.82) is 0 Å². The van der Waals surface area contributed by atoms with Crippen molar-refractivity contribution in [2.24, 2.45) is 10.9 Å². The second-order valence-corrected chi connectivity index (χ2v) is 8.68. The maximum absolute atomic E-state index is 12.5. The summed E-state index contributed by atoms with van der Waals surface area (Å²) in [5.41, 5.74) is 3.46. The number of aromatic nitrogens is 3. The Morgan fingerprint density at radius 3 is 2.84 bits per heavy atom. The normalized spacial score (nSPS) is 15.6. The first-order valence-electron chi connectivity index (χ1n) is 10.8. The van der Waals surface area contributed by atoms with Gasteiger partial charge in [0.25, 0.3) is 5.91 Å². The summed E-state index contributed by atoms with van der Waals surface area (Å²) in [6.07, 6.45) is 4.33. The Bertz CT molecular complexity index is 1120. The van der Waals surface area contributed by atoms with Crippen molar-refractivity contribution in [3.8, 4) is 5.88 Å². The van der Waals surface area contributed by atoms with Crippen LogP contribution in [0.2, 0.25) is 0 Å². The van der Waals surface area contributed by atoms with Crippen LogP contribution in [0.15, 0.2) is 35.6 Å². The average molecular weight is 423 g/mol. The topological polar surface area (TPSA) is 98.5 Å². The summed E-state index contributed by atoms with van der Waals surface area (Å²) in [5.74, 6) is 0.312.